The highest BCUT2D eigenvalue weighted by molar-refractivity contribution is 6.20. The number of hydrogen-bond donors (Lipinski definition) is 2. The van der Waals surface area contributed by atoms with Gasteiger partial charge >= 0.3 is 12.1 Å². The fourth-order valence-electron chi connectivity index (χ4n) is 2.40. The third-order valence-corrected chi connectivity index (χ3v) is 4.06. The van der Waals surface area contributed by atoms with Gasteiger partial charge in [-0.1, -0.05) is 23.7 Å². The Kier molecular flexibility index (Phi) is 6.11. The summed E-state index contributed by atoms with van der Waals surface area (Å²) in [6.45, 7) is 1.50. The number of rotatable bonds is 6. The van der Waals surface area contributed by atoms with Gasteiger partial charge in [0.05, 0.1) is 0 Å². The number of aryl methyl sites for hydroxylation is 1. The lowest BCUT2D eigenvalue weighted by molar-refractivity contribution is -0.199. The first-order chi connectivity index (χ1) is 14.2. The first kappa shape index (κ1) is 21.4. The van der Waals surface area contributed by atoms with E-state index in [2.05, 4.69) is 30.3 Å². The lowest BCUT2D eigenvalue weighted by Crippen LogP contribution is -2.32. The van der Waals surface area contributed by atoms with Gasteiger partial charge in [0, 0.05) is 11.3 Å². The molecular weight excluding hydrogens is 432 g/mol. The van der Waals surface area contributed by atoms with E-state index in [-0.39, 0.29) is 28.5 Å². The Morgan fingerprint density at radius 1 is 1.20 bits per heavy atom. The van der Waals surface area contributed by atoms with E-state index in [9.17, 15) is 22.4 Å². The molecule has 2 aromatic carbocycles. The van der Waals surface area contributed by atoms with Crippen molar-refractivity contribution < 1.29 is 31.7 Å². The molecule has 30 heavy (non-hydrogen) atoms. The zero-order chi connectivity index (χ0) is 21.9. The quantitative estimate of drug-likeness (QED) is 0.396. The van der Waals surface area contributed by atoms with Gasteiger partial charge in [0.15, 0.2) is 5.69 Å². The number of urea groups is 1. The highest BCUT2D eigenvalue weighted by Crippen LogP contribution is 2.31. The van der Waals surface area contributed by atoms with E-state index in [0.717, 1.165) is 12.1 Å². The van der Waals surface area contributed by atoms with Gasteiger partial charge in [-0.15, -0.1) is 0 Å². The van der Waals surface area contributed by atoms with Crippen LogP contribution in [0.1, 0.15) is 5.56 Å². The highest BCUT2D eigenvalue weighted by Gasteiger charge is 2.42. The summed E-state index contributed by atoms with van der Waals surface area (Å²) in [5, 5.41) is 11.9. The minimum Gasteiger partial charge on any atom is -0.429 e. The zero-order valence-electron chi connectivity index (χ0n) is 15.1. The zero-order valence-corrected chi connectivity index (χ0v) is 15.9. The average Bonchev–Trinajstić information content (AvgIpc) is 3.11. The number of carbonyl (C=O) groups is 1. The molecule has 0 saturated carbocycles. The maximum absolute atomic E-state index is 13.9. The van der Waals surface area contributed by atoms with Gasteiger partial charge in [-0.25, -0.2) is 18.2 Å². The summed E-state index contributed by atoms with van der Waals surface area (Å²) >= 11 is 4.74. The fraction of sp³-hybridized carbons (Fsp3) is 0.167. The van der Waals surface area contributed by atoms with Crippen molar-refractivity contribution in [3.05, 3.63) is 53.8 Å². The average molecular weight is 445 g/mol. The van der Waals surface area contributed by atoms with Crippen LogP contribution in [0.5, 0.6) is 5.75 Å². The predicted molar refractivity (Wildman–Crippen MR) is 99.8 cm³/mol. The monoisotopic (exact) mass is 444 g/mol. The van der Waals surface area contributed by atoms with Crippen LogP contribution in [0.4, 0.5) is 33.9 Å². The topological polar surface area (TPSA) is 89.3 Å². The van der Waals surface area contributed by atoms with E-state index >= 15 is 0 Å². The molecule has 2 amide bonds. The maximum atomic E-state index is 13.9. The second kappa shape index (κ2) is 8.57. The van der Waals surface area contributed by atoms with Gasteiger partial charge in [-0.05, 0) is 53.1 Å². The van der Waals surface area contributed by atoms with Gasteiger partial charge in [0.25, 0.3) is 5.63 Å². The van der Waals surface area contributed by atoms with Crippen molar-refractivity contribution in [1.29, 1.82) is 0 Å². The molecule has 1 atom stereocenters. The lowest BCUT2D eigenvalue weighted by atomic mass is 10.1. The maximum Gasteiger partial charge on any atom is 0.444 e. The third-order valence-electron chi connectivity index (χ3n) is 3.80. The number of alkyl halides is 4. The molecule has 2 N–H and O–H groups in total. The molecule has 0 spiro atoms. The molecule has 1 heterocycles. The fourth-order valence-corrected chi connectivity index (χ4v) is 2.45. The van der Waals surface area contributed by atoms with E-state index in [4.69, 9.17) is 11.6 Å². The summed E-state index contributed by atoms with van der Waals surface area (Å²) < 4.78 is 61.9. The van der Waals surface area contributed by atoms with Crippen LogP contribution in [-0.4, -0.2) is 28.1 Å². The molecule has 7 nitrogen and oxygen atoms in total. The van der Waals surface area contributed by atoms with Crippen LogP contribution in [0, 0.1) is 12.7 Å². The summed E-state index contributed by atoms with van der Waals surface area (Å²) in [4.78, 5) is 12.3. The van der Waals surface area contributed by atoms with Gasteiger partial charge < -0.3 is 10.1 Å². The second-order valence-electron chi connectivity index (χ2n) is 5.96. The van der Waals surface area contributed by atoms with Gasteiger partial charge in [-0.2, -0.15) is 8.78 Å². The van der Waals surface area contributed by atoms with Crippen molar-refractivity contribution in [1.82, 2.24) is 10.3 Å². The minimum absolute atomic E-state index is 0.0206. The van der Waals surface area contributed by atoms with Crippen LogP contribution < -0.4 is 15.4 Å². The molecular formula is C18H13ClF4N4O3. The minimum atomic E-state index is -4.22. The van der Waals surface area contributed by atoms with Crippen LogP contribution in [0.25, 0.3) is 11.3 Å². The van der Waals surface area contributed by atoms with Crippen LogP contribution in [0.3, 0.4) is 0 Å². The standard InChI is InChI=1S/C18H13ClF4N4O3/c1-9-8-10(29-18(22,23)16(19)21)6-7-13(9)24-17(28)25-15-14(26-30-27-15)11-4-2-3-5-12(11)20/h2-8,16H,1H3,(H2,24,25,27,28). The number of aromatic nitrogens is 2. The summed E-state index contributed by atoms with van der Waals surface area (Å²) in [6, 6.07) is 8.43. The number of nitrogens with one attached hydrogen (secondary N) is 2. The molecule has 12 heteroatoms. The number of nitrogens with zero attached hydrogens (tertiary/aromatic N) is 2. The van der Waals surface area contributed by atoms with E-state index < -0.39 is 23.6 Å². The largest absolute Gasteiger partial charge is 0.444 e. The van der Waals surface area contributed by atoms with Crippen molar-refractivity contribution in [2.24, 2.45) is 0 Å². The molecule has 0 saturated heterocycles. The number of carbonyl (C=O) groups excluding carboxylic acids is 1. The molecule has 1 unspecified atom stereocenters. The van der Waals surface area contributed by atoms with Crippen molar-refractivity contribution in [2.45, 2.75) is 18.7 Å². The Labute approximate surface area is 171 Å². The van der Waals surface area contributed by atoms with Crippen molar-refractivity contribution >= 4 is 29.1 Å². The molecule has 3 rings (SSSR count). The van der Waals surface area contributed by atoms with Crippen molar-refractivity contribution in [3.8, 4) is 17.0 Å². The molecule has 0 aliphatic heterocycles. The lowest BCUT2D eigenvalue weighted by Gasteiger charge is -2.18. The summed E-state index contributed by atoms with van der Waals surface area (Å²) in [7, 11) is 0. The van der Waals surface area contributed by atoms with Crippen LogP contribution >= 0.6 is 11.6 Å². The molecule has 0 bridgehead atoms. The normalized spacial score (nSPS) is 12.3. The van der Waals surface area contributed by atoms with Crippen molar-refractivity contribution in [3.63, 3.8) is 0 Å². The van der Waals surface area contributed by atoms with Crippen LogP contribution in [0.2, 0.25) is 0 Å². The van der Waals surface area contributed by atoms with Gasteiger partial charge in [-0.3, -0.25) is 5.32 Å². The van der Waals surface area contributed by atoms with E-state index in [1.807, 2.05) is 0 Å². The third kappa shape index (κ3) is 4.79. The Morgan fingerprint density at radius 2 is 1.93 bits per heavy atom. The molecule has 0 radical (unpaired) electrons. The van der Waals surface area contributed by atoms with Crippen molar-refractivity contribution in [2.75, 3.05) is 10.6 Å². The Balaban J connectivity index is 1.71. The Hall–Kier alpha value is -3.34. The second-order valence-corrected chi connectivity index (χ2v) is 6.34. The molecule has 0 aliphatic carbocycles. The Morgan fingerprint density at radius 3 is 2.60 bits per heavy atom. The number of amides is 2. The SMILES string of the molecule is Cc1cc(OC(F)(F)C(F)Cl)ccc1NC(=O)Nc1nonc1-c1ccccc1F. The summed E-state index contributed by atoms with van der Waals surface area (Å²) in [6.07, 6.45) is -4.22. The van der Waals surface area contributed by atoms with E-state index in [1.54, 1.807) is 6.07 Å². The number of hydrogen-bond acceptors (Lipinski definition) is 5. The molecule has 0 aliphatic rings. The first-order valence-electron chi connectivity index (χ1n) is 8.28. The number of halogens is 5. The number of ether oxygens (including phenoxy) is 1. The van der Waals surface area contributed by atoms with E-state index in [0.29, 0.717) is 5.56 Å². The van der Waals surface area contributed by atoms with Crippen LogP contribution in [-0.2, 0) is 0 Å². The number of benzene rings is 2. The van der Waals surface area contributed by atoms with Gasteiger partial charge in [0.2, 0.25) is 5.82 Å². The molecule has 0 fully saturated rings. The first-order valence-corrected chi connectivity index (χ1v) is 8.72. The molecule has 1 aromatic heterocycles. The van der Waals surface area contributed by atoms with E-state index in [1.165, 1.54) is 31.2 Å². The van der Waals surface area contributed by atoms with Crippen LogP contribution in [0.15, 0.2) is 47.1 Å². The number of anilines is 2. The summed E-state index contributed by atoms with van der Waals surface area (Å²) in [5.41, 5.74) is -2.42. The summed E-state index contributed by atoms with van der Waals surface area (Å²) in [5.74, 6) is -1.08. The predicted octanol–water partition coefficient (Wildman–Crippen LogP) is 5.33. The Bertz CT molecular complexity index is 1060. The molecule has 158 valence electrons. The molecule has 3 aromatic rings. The smallest absolute Gasteiger partial charge is 0.429 e. The van der Waals surface area contributed by atoms with Gasteiger partial charge in [0.1, 0.15) is 11.6 Å². The highest BCUT2D eigenvalue weighted by atomic mass is 35.5.